The van der Waals surface area contributed by atoms with Crippen molar-refractivity contribution in [3.8, 4) is 0 Å². The van der Waals surface area contributed by atoms with Gasteiger partial charge in [-0.05, 0) is 25.8 Å². The Kier molecular flexibility index (Phi) is 4.85. The monoisotopic (exact) mass is 226 g/mol. The number of rotatable bonds is 5. The van der Waals surface area contributed by atoms with Crippen LogP contribution in [0.25, 0.3) is 0 Å². The van der Waals surface area contributed by atoms with Gasteiger partial charge in [-0.1, -0.05) is 0 Å². The summed E-state index contributed by atoms with van der Waals surface area (Å²) < 4.78 is 12.7. The van der Waals surface area contributed by atoms with Crippen LogP contribution in [0.1, 0.15) is 30.1 Å². The summed E-state index contributed by atoms with van der Waals surface area (Å²) in [5.74, 6) is -0.998. The lowest BCUT2D eigenvalue weighted by Gasteiger charge is -2.12. The molecule has 0 radical (unpaired) electrons. The lowest BCUT2D eigenvalue weighted by molar-refractivity contribution is 0.0935. The molecule has 88 valence electrons. The Morgan fingerprint density at radius 3 is 3.06 bits per heavy atom. The van der Waals surface area contributed by atoms with E-state index in [9.17, 15) is 9.18 Å². The van der Waals surface area contributed by atoms with Crippen LogP contribution in [0, 0.1) is 5.95 Å². The van der Waals surface area contributed by atoms with E-state index in [1.54, 1.807) is 0 Å². The van der Waals surface area contributed by atoms with E-state index in [2.05, 4.69) is 10.3 Å². The molecule has 1 amide bonds. The first-order valence-electron chi connectivity index (χ1n) is 5.16. The summed E-state index contributed by atoms with van der Waals surface area (Å²) in [4.78, 5) is 15.0. The van der Waals surface area contributed by atoms with Crippen molar-refractivity contribution in [3.05, 3.63) is 29.8 Å². The molecule has 1 unspecified atom stereocenters. The highest BCUT2D eigenvalue weighted by Gasteiger charge is 2.10. The minimum Gasteiger partial charge on any atom is -0.396 e. The molecular formula is C11H15FN2O2. The second-order valence-corrected chi connectivity index (χ2v) is 3.61. The zero-order valence-electron chi connectivity index (χ0n) is 9.11. The summed E-state index contributed by atoms with van der Waals surface area (Å²) in [5, 5.41) is 11.3. The minimum absolute atomic E-state index is 0.0455. The number of aliphatic hydroxyl groups is 1. The van der Waals surface area contributed by atoms with Crippen LogP contribution in [-0.4, -0.2) is 28.6 Å². The summed E-state index contributed by atoms with van der Waals surface area (Å²) >= 11 is 0. The third-order valence-electron chi connectivity index (χ3n) is 2.16. The van der Waals surface area contributed by atoms with Crippen LogP contribution in [0.3, 0.4) is 0 Å². The van der Waals surface area contributed by atoms with Crippen molar-refractivity contribution in [2.24, 2.45) is 0 Å². The molecule has 0 saturated heterocycles. The van der Waals surface area contributed by atoms with E-state index in [1.165, 1.54) is 12.3 Å². The summed E-state index contributed by atoms with van der Waals surface area (Å²) in [6, 6.07) is 2.50. The average Bonchev–Trinajstić information content (AvgIpc) is 2.26. The Labute approximate surface area is 93.5 Å². The number of aliphatic hydroxyl groups excluding tert-OH is 1. The van der Waals surface area contributed by atoms with E-state index in [1.807, 2.05) is 6.92 Å². The third kappa shape index (κ3) is 3.94. The number of carbonyl (C=O) groups excluding carboxylic acids is 1. The van der Waals surface area contributed by atoms with Crippen LogP contribution in [0.2, 0.25) is 0 Å². The highest BCUT2D eigenvalue weighted by Crippen LogP contribution is 2.02. The molecule has 0 fully saturated rings. The van der Waals surface area contributed by atoms with Crippen LogP contribution >= 0.6 is 0 Å². The molecule has 1 aromatic rings. The largest absolute Gasteiger partial charge is 0.396 e. The number of hydrogen-bond acceptors (Lipinski definition) is 3. The number of aromatic nitrogens is 1. The topological polar surface area (TPSA) is 62.2 Å². The van der Waals surface area contributed by atoms with Gasteiger partial charge in [0.2, 0.25) is 5.95 Å². The van der Waals surface area contributed by atoms with Gasteiger partial charge in [-0.25, -0.2) is 4.98 Å². The molecule has 5 heteroatoms. The zero-order chi connectivity index (χ0) is 12.0. The summed E-state index contributed by atoms with van der Waals surface area (Å²) in [7, 11) is 0. The average molecular weight is 226 g/mol. The van der Waals surface area contributed by atoms with Gasteiger partial charge in [-0.2, -0.15) is 4.39 Å². The van der Waals surface area contributed by atoms with Crippen LogP contribution in [-0.2, 0) is 0 Å². The Morgan fingerprint density at radius 1 is 1.69 bits per heavy atom. The molecule has 0 aliphatic carbocycles. The van der Waals surface area contributed by atoms with Gasteiger partial charge in [-0.15, -0.1) is 0 Å². The van der Waals surface area contributed by atoms with Crippen LogP contribution < -0.4 is 5.32 Å². The Hall–Kier alpha value is -1.49. The molecular weight excluding hydrogens is 211 g/mol. The molecule has 0 spiro atoms. The molecule has 0 aromatic carbocycles. The molecule has 2 N–H and O–H groups in total. The standard InChI is InChI=1S/C11H15FN2O2/c1-8(3-2-6-15)14-11(16)9-4-5-13-10(12)7-9/h4-5,7-8,15H,2-3,6H2,1H3,(H,14,16). The quantitative estimate of drug-likeness (QED) is 0.739. The first kappa shape index (κ1) is 12.6. The van der Waals surface area contributed by atoms with E-state index in [4.69, 9.17) is 5.11 Å². The van der Waals surface area contributed by atoms with Crippen LogP contribution in [0.5, 0.6) is 0 Å². The highest BCUT2D eigenvalue weighted by atomic mass is 19.1. The number of nitrogens with zero attached hydrogens (tertiary/aromatic N) is 1. The summed E-state index contributed by atoms with van der Waals surface area (Å²) in [5.41, 5.74) is 0.253. The predicted molar refractivity (Wildman–Crippen MR) is 57.4 cm³/mol. The fourth-order valence-electron chi connectivity index (χ4n) is 1.32. The predicted octanol–water partition coefficient (Wildman–Crippen LogP) is 1.11. The van der Waals surface area contributed by atoms with Crippen molar-refractivity contribution in [2.75, 3.05) is 6.61 Å². The molecule has 16 heavy (non-hydrogen) atoms. The SMILES string of the molecule is CC(CCCO)NC(=O)c1ccnc(F)c1. The van der Waals surface area contributed by atoms with Gasteiger partial charge in [0.1, 0.15) is 0 Å². The second kappa shape index (κ2) is 6.17. The second-order valence-electron chi connectivity index (χ2n) is 3.61. The lowest BCUT2D eigenvalue weighted by Crippen LogP contribution is -2.32. The molecule has 1 atom stereocenters. The van der Waals surface area contributed by atoms with Gasteiger partial charge in [-0.3, -0.25) is 4.79 Å². The zero-order valence-corrected chi connectivity index (χ0v) is 9.11. The fraction of sp³-hybridized carbons (Fsp3) is 0.455. The molecule has 1 rings (SSSR count). The van der Waals surface area contributed by atoms with Crippen molar-refractivity contribution in [3.63, 3.8) is 0 Å². The van der Waals surface area contributed by atoms with Gasteiger partial charge < -0.3 is 10.4 Å². The summed E-state index contributed by atoms with van der Waals surface area (Å²) in [6.07, 6.45) is 2.57. The summed E-state index contributed by atoms with van der Waals surface area (Å²) in [6.45, 7) is 1.94. The molecule has 1 aromatic heterocycles. The third-order valence-corrected chi connectivity index (χ3v) is 2.16. The number of pyridine rings is 1. The van der Waals surface area contributed by atoms with Crippen LogP contribution in [0.15, 0.2) is 18.3 Å². The minimum atomic E-state index is -0.671. The van der Waals surface area contributed by atoms with Gasteiger partial charge in [0, 0.05) is 30.5 Å². The first-order valence-corrected chi connectivity index (χ1v) is 5.16. The Bertz CT molecular complexity index is 358. The fourth-order valence-corrected chi connectivity index (χ4v) is 1.32. The lowest BCUT2D eigenvalue weighted by atomic mass is 10.1. The van der Waals surface area contributed by atoms with Gasteiger partial charge in [0.05, 0.1) is 0 Å². The smallest absolute Gasteiger partial charge is 0.251 e. The Morgan fingerprint density at radius 2 is 2.44 bits per heavy atom. The van der Waals surface area contributed by atoms with E-state index >= 15 is 0 Å². The number of nitrogens with one attached hydrogen (secondary N) is 1. The van der Waals surface area contributed by atoms with E-state index in [-0.39, 0.29) is 24.1 Å². The molecule has 0 aliphatic rings. The van der Waals surface area contributed by atoms with E-state index in [0.29, 0.717) is 12.8 Å². The molecule has 0 bridgehead atoms. The molecule has 4 nitrogen and oxygen atoms in total. The number of hydrogen-bond donors (Lipinski definition) is 2. The van der Waals surface area contributed by atoms with E-state index < -0.39 is 5.95 Å². The number of amides is 1. The number of halogens is 1. The first-order chi connectivity index (χ1) is 7.63. The van der Waals surface area contributed by atoms with Crippen molar-refractivity contribution in [2.45, 2.75) is 25.8 Å². The van der Waals surface area contributed by atoms with Crippen molar-refractivity contribution < 1.29 is 14.3 Å². The maximum atomic E-state index is 12.7. The van der Waals surface area contributed by atoms with Crippen molar-refractivity contribution in [1.29, 1.82) is 0 Å². The van der Waals surface area contributed by atoms with E-state index in [0.717, 1.165) is 6.07 Å². The molecule has 1 heterocycles. The normalized spacial score (nSPS) is 12.2. The maximum Gasteiger partial charge on any atom is 0.251 e. The molecule has 0 saturated carbocycles. The van der Waals surface area contributed by atoms with Crippen molar-refractivity contribution in [1.82, 2.24) is 10.3 Å². The van der Waals surface area contributed by atoms with Gasteiger partial charge >= 0.3 is 0 Å². The van der Waals surface area contributed by atoms with Crippen LogP contribution in [0.4, 0.5) is 4.39 Å². The highest BCUT2D eigenvalue weighted by molar-refractivity contribution is 5.94. The van der Waals surface area contributed by atoms with Gasteiger partial charge in [0.15, 0.2) is 0 Å². The maximum absolute atomic E-state index is 12.7. The van der Waals surface area contributed by atoms with Crippen molar-refractivity contribution >= 4 is 5.91 Å². The number of carbonyl (C=O) groups is 1. The Balaban J connectivity index is 2.52. The van der Waals surface area contributed by atoms with Gasteiger partial charge in [0.25, 0.3) is 5.91 Å². The molecule has 0 aliphatic heterocycles.